The Morgan fingerprint density at radius 1 is 1.00 bits per heavy atom. The van der Waals surface area contributed by atoms with Gasteiger partial charge in [0.15, 0.2) is 0 Å². The Bertz CT molecular complexity index is 455. The summed E-state index contributed by atoms with van der Waals surface area (Å²) >= 11 is 0. The third kappa shape index (κ3) is 3.03. The second kappa shape index (κ2) is 5.71. The molecule has 1 atom stereocenters. The van der Waals surface area contributed by atoms with Crippen LogP contribution in [0.3, 0.4) is 0 Å². The molecule has 1 amide bonds. The van der Waals surface area contributed by atoms with E-state index in [-0.39, 0.29) is 0 Å². The van der Waals surface area contributed by atoms with Crippen molar-refractivity contribution in [3.63, 3.8) is 0 Å². The minimum atomic E-state index is -0.953. The molecule has 1 aromatic carbocycles. The second-order valence-corrected chi connectivity index (χ2v) is 4.46. The van der Waals surface area contributed by atoms with Crippen molar-refractivity contribution in [1.82, 2.24) is 9.80 Å². The SMILES string of the molecule is O=C(O)C(c1ccccc1)N1CCN(C(=O)O)CC1. The molecule has 102 valence electrons. The first kappa shape index (κ1) is 13.4. The van der Waals surface area contributed by atoms with E-state index in [1.54, 1.807) is 29.2 Å². The van der Waals surface area contributed by atoms with Crippen LogP contribution in [0, 0.1) is 0 Å². The Balaban J connectivity index is 2.10. The minimum Gasteiger partial charge on any atom is -0.480 e. The van der Waals surface area contributed by atoms with Gasteiger partial charge in [0, 0.05) is 26.2 Å². The first-order valence-corrected chi connectivity index (χ1v) is 6.09. The summed E-state index contributed by atoms with van der Waals surface area (Å²) in [5, 5.41) is 18.3. The van der Waals surface area contributed by atoms with Crippen LogP contribution < -0.4 is 0 Å². The van der Waals surface area contributed by atoms with E-state index in [0.29, 0.717) is 26.2 Å². The monoisotopic (exact) mass is 264 g/mol. The van der Waals surface area contributed by atoms with Gasteiger partial charge < -0.3 is 15.1 Å². The Labute approximate surface area is 110 Å². The third-order valence-electron chi connectivity index (χ3n) is 3.30. The number of amides is 1. The first-order valence-electron chi connectivity index (χ1n) is 6.09. The number of benzene rings is 1. The Morgan fingerprint density at radius 2 is 1.58 bits per heavy atom. The number of carbonyl (C=O) groups is 2. The molecule has 0 aliphatic carbocycles. The third-order valence-corrected chi connectivity index (χ3v) is 3.30. The van der Waals surface area contributed by atoms with Crippen LogP contribution in [0.1, 0.15) is 11.6 Å². The molecule has 6 heteroatoms. The predicted molar refractivity (Wildman–Crippen MR) is 68.0 cm³/mol. The first-order chi connectivity index (χ1) is 9.09. The van der Waals surface area contributed by atoms with Crippen LogP contribution in [0.5, 0.6) is 0 Å². The lowest BCUT2D eigenvalue weighted by atomic mass is 10.0. The topological polar surface area (TPSA) is 81.1 Å². The van der Waals surface area contributed by atoms with E-state index in [1.165, 1.54) is 4.90 Å². The molecule has 1 saturated heterocycles. The molecule has 0 spiro atoms. The zero-order valence-corrected chi connectivity index (χ0v) is 10.4. The maximum atomic E-state index is 11.4. The summed E-state index contributed by atoms with van der Waals surface area (Å²) in [6.07, 6.45) is -0.953. The normalized spacial score (nSPS) is 18.0. The summed E-state index contributed by atoms with van der Waals surface area (Å²) in [4.78, 5) is 25.4. The highest BCUT2D eigenvalue weighted by atomic mass is 16.4. The lowest BCUT2D eigenvalue weighted by molar-refractivity contribution is -0.144. The number of aliphatic carboxylic acids is 1. The maximum absolute atomic E-state index is 11.4. The van der Waals surface area contributed by atoms with Gasteiger partial charge in [-0.15, -0.1) is 0 Å². The quantitative estimate of drug-likeness (QED) is 0.854. The van der Waals surface area contributed by atoms with Gasteiger partial charge in [-0.1, -0.05) is 30.3 Å². The van der Waals surface area contributed by atoms with Crippen molar-refractivity contribution in [2.75, 3.05) is 26.2 Å². The van der Waals surface area contributed by atoms with Crippen molar-refractivity contribution in [1.29, 1.82) is 0 Å². The molecule has 1 heterocycles. The molecule has 1 fully saturated rings. The number of hydrogen-bond acceptors (Lipinski definition) is 3. The van der Waals surface area contributed by atoms with E-state index >= 15 is 0 Å². The van der Waals surface area contributed by atoms with Crippen molar-refractivity contribution < 1.29 is 19.8 Å². The van der Waals surface area contributed by atoms with Gasteiger partial charge in [0.1, 0.15) is 6.04 Å². The van der Waals surface area contributed by atoms with E-state index < -0.39 is 18.1 Å². The molecular weight excluding hydrogens is 248 g/mol. The van der Waals surface area contributed by atoms with Gasteiger partial charge in [-0.3, -0.25) is 9.69 Å². The van der Waals surface area contributed by atoms with Crippen molar-refractivity contribution in [3.05, 3.63) is 35.9 Å². The average molecular weight is 264 g/mol. The van der Waals surface area contributed by atoms with Crippen LogP contribution >= 0.6 is 0 Å². The fraction of sp³-hybridized carbons (Fsp3) is 0.385. The molecule has 1 aromatic rings. The largest absolute Gasteiger partial charge is 0.480 e. The van der Waals surface area contributed by atoms with Gasteiger partial charge in [0.25, 0.3) is 0 Å². The van der Waals surface area contributed by atoms with Crippen molar-refractivity contribution in [3.8, 4) is 0 Å². The van der Waals surface area contributed by atoms with E-state index in [9.17, 15) is 14.7 Å². The van der Waals surface area contributed by atoms with Crippen LogP contribution in [0.15, 0.2) is 30.3 Å². The highest BCUT2D eigenvalue weighted by molar-refractivity contribution is 5.75. The Morgan fingerprint density at radius 3 is 2.05 bits per heavy atom. The van der Waals surface area contributed by atoms with Gasteiger partial charge >= 0.3 is 12.1 Å². The van der Waals surface area contributed by atoms with Gasteiger partial charge in [-0.25, -0.2) is 4.79 Å². The lowest BCUT2D eigenvalue weighted by Crippen LogP contribution is -2.50. The molecular formula is C13H16N2O4. The summed E-state index contributed by atoms with van der Waals surface area (Å²) in [5.41, 5.74) is 0.721. The molecule has 1 unspecified atom stereocenters. The van der Waals surface area contributed by atoms with Crippen LogP contribution in [-0.4, -0.2) is 58.3 Å². The number of nitrogens with zero attached hydrogens (tertiary/aromatic N) is 2. The molecule has 19 heavy (non-hydrogen) atoms. The highest BCUT2D eigenvalue weighted by Gasteiger charge is 2.31. The summed E-state index contributed by atoms with van der Waals surface area (Å²) in [5.74, 6) is -0.907. The van der Waals surface area contributed by atoms with Crippen molar-refractivity contribution in [2.24, 2.45) is 0 Å². The van der Waals surface area contributed by atoms with Gasteiger partial charge in [-0.05, 0) is 5.56 Å². The molecule has 0 saturated carbocycles. The van der Waals surface area contributed by atoms with Crippen LogP contribution in [0.2, 0.25) is 0 Å². The van der Waals surface area contributed by atoms with Gasteiger partial charge in [0.2, 0.25) is 0 Å². The second-order valence-electron chi connectivity index (χ2n) is 4.46. The molecule has 1 aliphatic heterocycles. The number of rotatable bonds is 3. The lowest BCUT2D eigenvalue weighted by Gasteiger charge is -2.36. The van der Waals surface area contributed by atoms with Gasteiger partial charge in [0.05, 0.1) is 0 Å². The summed E-state index contributed by atoms with van der Waals surface area (Å²) < 4.78 is 0. The molecule has 2 N–H and O–H groups in total. The number of carboxylic acids is 1. The number of carboxylic acid groups (broad SMARTS) is 2. The fourth-order valence-corrected chi connectivity index (χ4v) is 2.32. The average Bonchev–Trinajstić information content (AvgIpc) is 2.40. The maximum Gasteiger partial charge on any atom is 0.407 e. The molecule has 6 nitrogen and oxygen atoms in total. The fourth-order valence-electron chi connectivity index (χ4n) is 2.32. The van der Waals surface area contributed by atoms with E-state index in [0.717, 1.165) is 5.56 Å². The standard InChI is InChI=1S/C13H16N2O4/c16-12(17)11(10-4-2-1-3-5-10)14-6-8-15(9-7-14)13(18)19/h1-5,11H,6-9H2,(H,16,17)(H,18,19). The smallest absolute Gasteiger partial charge is 0.407 e. The number of piperazine rings is 1. The zero-order valence-electron chi connectivity index (χ0n) is 10.4. The van der Waals surface area contributed by atoms with E-state index in [1.807, 2.05) is 6.07 Å². The highest BCUT2D eigenvalue weighted by Crippen LogP contribution is 2.22. The van der Waals surface area contributed by atoms with E-state index in [4.69, 9.17) is 5.11 Å². The van der Waals surface area contributed by atoms with Gasteiger partial charge in [-0.2, -0.15) is 0 Å². The molecule has 0 bridgehead atoms. The molecule has 1 aliphatic rings. The van der Waals surface area contributed by atoms with Crippen LogP contribution in [0.25, 0.3) is 0 Å². The Hall–Kier alpha value is -2.08. The van der Waals surface area contributed by atoms with E-state index in [2.05, 4.69) is 0 Å². The molecule has 2 rings (SSSR count). The minimum absolute atomic E-state index is 0.339. The number of hydrogen-bond donors (Lipinski definition) is 2. The van der Waals surface area contributed by atoms with Crippen LogP contribution in [0.4, 0.5) is 4.79 Å². The Kier molecular flexibility index (Phi) is 4.01. The summed E-state index contributed by atoms with van der Waals surface area (Å²) in [6.45, 7) is 1.54. The zero-order chi connectivity index (χ0) is 13.8. The summed E-state index contributed by atoms with van der Waals surface area (Å²) in [6, 6.07) is 8.30. The summed E-state index contributed by atoms with van der Waals surface area (Å²) in [7, 11) is 0. The van der Waals surface area contributed by atoms with Crippen molar-refractivity contribution >= 4 is 12.1 Å². The van der Waals surface area contributed by atoms with Crippen LogP contribution in [-0.2, 0) is 4.79 Å². The molecule has 0 radical (unpaired) electrons. The van der Waals surface area contributed by atoms with Crippen molar-refractivity contribution in [2.45, 2.75) is 6.04 Å². The predicted octanol–water partition coefficient (Wildman–Crippen LogP) is 1.11. The molecule has 0 aromatic heterocycles.